The first-order chi connectivity index (χ1) is 7.50. The van der Waals surface area contributed by atoms with Gasteiger partial charge in [-0.2, -0.15) is 5.10 Å². The molecular weight excluding hydrogens is 198 g/mol. The molecule has 1 aromatic carbocycles. The van der Waals surface area contributed by atoms with Gasteiger partial charge in [0.05, 0.1) is 11.4 Å². The molecule has 2 rings (SSSR count). The lowest BCUT2D eigenvalue weighted by Gasteiger charge is -2.08. The van der Waals surface area contributed by atoms with Crippen LogP contribution in [0.3, 0.4) is 0 Å². The highest BCUT2D eigenvalue weighted by Crippen LogP contribution is 2.22. The number of hydrogen-bond acceptors (Lipinski definition) is 2. The van der Waals surface area contributed by atoms with Crippen LogP contribution in [0.1, 0.15) is 22.4 Å². The Labute approximate surface area is 95.9 Å². The molecule has 0 aliphatic carbocycles. The van der Waals surface area contributed by atoms with E-state index in [1.807, 2.05) is 18.5 Å². The monoisotopic (exact) mass is 215 g/mol. The third kappa shape index (κ3) is 1.58. The van der Waals surface area contributed by atoms with Gasteiger partial charge in [-0.1, -0.05) is 17.7 Å². The van der Waals surface area contributed by atoms with Crippen LogP contribution in [0.2, 0.25) is 0 Å². The van der Waals surface area contributed by atoms with E-state index in [4.69, 9.17) is 5.73 Å². The van der Waals surface area contributed by atoms with Gasteiger partial charge < -0.3 is 5.73 Å². The van der Waals surface area contributed by atoms with E-state index >= 15 is 0 Å². The average molecular weight is 215 g/mol. The molecule has 16 heavy (non-hydrogen) atoms. The first-order valence-corrected chi connectivity index (χ1v) is 5.40. The molecule has 1 aromatic heterocycles. The van der Waals surface area contributed by atoms with Gasteiger partial charge in [0.15, 0.2) is 0 Å². The lowest BCUT2D eigenvalue weighted by atomic mass is 10.1. The minimum Gasteiger partial charge on any atom is -0.383 e. The summed E-state index contributed by atoms with van der Waals surface area (Å²) in [5.41, 5.74) is 11.6. The number of rotatable bonds is 1. The number of benzene rings is 1. The van der Waals surface area contributed by atoms with E-state index in [0.717, 1.165) is 22.8 Å². The molecule has 0 aliphatic rings. The van der Waals surface area contributed by atoms with Crippen LogP contribution in [0, 0.1) is 27.7 Å². The maximum atomic E-state index is 6.04. The van der Waals surface area contributed by atoms with Gasteiger partial charge in [0.2, 0.25) is 0 Å². The van der Waals surface area contributed by atoms with Gasteiger partial charge in [0, 0.05) is 5.56 Å². The smallest absolute Gasteiger partial charge is 0.130 e. The van der Waals surface area contributed by atoms with Crippen molar-refractivity contribution in [2.75, 3.05) is 5.73 Å². The van der Waals surface area contributed by atoms with Gasteiger partial charge in [-0.15, -0.1) is 0 Å². The van der Waals surface area contributed by atoms with E-state index < -0.39 is 0 Å². The molecule has 3 nitrogen and oxygen atoms in total. The van der Waals surface area contributed by atoms with Crippen molar-refractivity contribution in [1.82, 2.24) is 9.78 Å². The summed E-state index contributed by atoms with van der Waals surface area (Å²) in [5.74, 6) is 0.726. The number of nitrogens with two attached hydrogens (primary N) is 1. The lowest BCUT2D eigenvalue weighted by Crippen LogP contribution is -2.04. The van der Waals surface area contributed by atoms with E-state index in [-0.39, 0.29) is 0 Å². The van der Waals surface area contributed by atoms with Crippen LogP contribution in [-0.2, 0) is 0 Å². The van der Waals surface area contributed by atoms with Crippen molar-refractivity contribution < 1.29 is 0 Å². The van der Waals surface area contributed by atoms with Crippen LogP contribution in [0.4, 0.5) is 5.82 Å². The standard InChI is InChI=1S/C13H17N3/c1-8-5-6-12(9(2)7-8)16-13(14)10(3)11(4)15-16/h5-7H,14H2,1-4H3. The summed E-state index contributed by atoms with van der Waals surface area (Å²) in [5, 5.41) is 4.46. The fourth-order valence-electron chi connectivity index (χ4n) is 1.85. The first kappa shape index (κ1) is 10.7. The summed E-state index contributed by atoms with van der Waals surface area (Å²) < 4.78 is 1.82. The molecule has 0 spiro atoms. The van der Waals surface area contributed by atoms with Crippen molar-refractivity contribution in [3.8, 4) is 5.69 Å². The second kappa shape index (κ2) is 3.67. The van der Waals surface area contributed by atoms with Crippen LogP contribution in [-0.4, -0.2) is 9.78 Å². The Hall–Kier alpha value is -1.77. The molecule has 0 aliphatic heterocycles. The third-order valence-corrected chi connectivity index (χ3v) is 2.99. The predicted molar refractivity (Wildman–Crippen MR) is 66.9 cm³/mol. The van der Waals surface area contributed by atoms with Crippen molar-refractivity contribution in [3.05, 3.63) is 40.6 Å². The van der Waals surface area contributed by atoms with Crippen molar-refractivity contribution in [2.45, 2.75) is 27.7 Å². The van der Waals surface area contributed by atoms with Gasteiger partial charge >= 0.3 is 0 Å². The van der Waals surface area contributed by atoms with E-state index in [0.29, 0.717) is 0 Å². The number of nitrogen functional groups attached to an aromatic ring is 1. The van der Waals surface area contributed by atoms with Crippen LogP contribution < -0.4 is 5.73 Å². The number of aryl methyl sites for hydroxylation is 3. The van der Waals surface area contributed by atoms with Gasteiger partial charge in [0.1, 0.15) is 5.82 Å². The molecule has 2 N–H and O–H groups in total. The Morgan fingerprint density at radius 1 is 1.12 bits per heavy atom. The Morgan fingerprint density at radius 3 is 2.31 bits per heavy atom. The van der Waals surface area contributed by atoms with Crippen molar-refractivity contribution >= 4 is 5.82 Å². The lowest BCUT2D eigenvalue weighted by molar-refractivity contribution is 0.864. The summed E-state index contributed by atoms with van der Waals surface area (Å²) >= 11 is 0. The zero-order valence-electron chi connectivity index (χ0n) is 10.2. The molecule has 0 saturated heterocycles. The largest absolute Gasteiger partial charge is 0.383 e. The minimum atomic E-state index is 0.726. The minimum absolute atomic E-state index is 0.726. The van der Waals surface area contributed by atoms with Gasteiger partial charge in [-0.3, -0.25) is 0 Å². The van der Waals surface area contributed by atoms with Gasteiger partial charge in [-0.25, -0.2) is 4.68 Å². The molecule has 84 valence electrons. The molecule has 0 fully saturated rings. The summed E-state index contributed by atoms with van der Waals surface area (Å²) in [6, 6.07) is 6.28. The molecule has 2 aromatic rings. The quantitative estimate of drug-likeness (QED) is 0.794. The normalized spacial score (nSPS) is 10.8. The Morgan fingerprint density at radius 2 is 1.81 bits per heavy atom. The molecule has 1 heterocycles. The van der Waals surface area contributed by atoms with Crippen molar-refractivity contribution in [2.24, 2.45) is 0 Å². The summed E-state index contributed by atoms with van der Waals surface area (Å²) in [6.07, 6.45) is 0. The fraction of sp³-hybridized carbons (Fsp3) is 0.308. The predicted octanol–water partition coefficient (Wildman–Crippen LogP) is 2.69. The topological polar surface area (TPSA) is 43.8 Å². The molecule has 0 bridgehead atoms. The van der Waals surface area contributed by atoms with Crippen LogP contribution in [0.15, 0.2) is 18.2 Å². The molecule has 0 saturated carbocycles. The van der Waals surface area contributed by atoms with Crippen LogP contribution in [0.25, 0.3) is 5.69 Å². The molecule has 0 unspecified atom stereocenters. The van der Waals surface area contributed by atoms with E-state index in [1.165, 1.54) is 11.1 Å². The SMILES string of the molecule is Cc1ccc(-n2nc(C)c(C)c2N)c(C)c1. The molecule has 0 amide bonds. The number of aromatic nitrogens is 2. The molecule has 0 radical (unpaired) electrons. The van der Waals surface area contributed by atoms with Crippen LogP contribution >= 0.6 is 0 Å². The zero-order chi connectivity index (χ0) is 11.9. The second-order valence-corrected chi connectivity index (χ2v) is 4.30. The van der Waals surface area contributed by atoms with E-state index in [2.05, 4.69) is 37.1 Å². The zero-order valence-corrected chi connectivity index (χ0v) is 10.2. The summed E-state index contributed by atoms with van der Waals surface area (Å²) in [7, 11) is 0. The summed E-state index contributed by atoms with van der Waals surface area (Å²) in [6.45, 7) is 8.14. The Balaban J connectivity index is 2.63. The maximum absolute atomic E-state index is 6.04. The van der Waals surface area contributed by atoms with Gasteiger partial charge in [0.25, 0.3) is 0 Å². The molecule has 3 heteroatoms. The first-order valence-electron chi connectivity index (χ1n) is 5.40. The fourth-order valence-corrected chi connectivity index (χ4v) is 1.85. The Kier molecular flexibility index (Phi) is 2.46. The van der Waals surface area contributed by atoms with E-state index in [9.17, 15) is 0 Å². The second-order valence-electron chi connectivity index (χ2n) is 4.30. The van der Waals surface area contributed by atoms with Crippen molar-refractivity contribution in [3.63, 3.8) is 0 Å². The highest BCUT2D eigenvalue weighted by molar-refractivity contribution is 5.52. The molecular formula is C13H17N3. The van der Waals surface area contributed by atoms with E-state index in [1.54, 1.807) is 0 Å². The van der Waals surface area contributed by atoms with Crippen molar-refractivity contribution in [1.29, 1.82) is 0 Å². The van der Waals surface area contributed by atoms with Gasteiger partial charge in [-0.05, 0) is 39.3 Å². The summed E-state index contributed by atoms with van der Waals surface area (Å²) in [4.78, 5) is 0. The number of nitrogens with zero attached hydrogens (tertiary/aromatic N) is 2. The highest BCUT2D eigenvalue weighted by Gasteiger charge is 2.11. The third-order valence-electron chi connectivity index (χ3n) is 2.99. The number of anilines is 1. The molecule has 0 atom stereocenters. The number of hydrogen-bond donors (Lipinski definition) is 1. The average Bonchev–Trinajstić information content (AvgIpc) is 2.46. The highest BCUT2D eigenvalue weighted by atomic mass is 15.3. The maximum Gasteiger partial charge on any atom is 0.130 e. The van der Waals surface area contributed by atoms with Crippen LogP contribution in [0.5, 0.6) is 0 Å². The Bertz CT molecular complexity index is 538.